The second kappa shape index (κ2) is 6.22. The van der Waals surface area contributed by atoms with Crippen molar-refractivity contribution in [2.45, 2.75) is 26.3 Å². The summed E-state index contributed by atoms with van der Waals surface area (Å²) < 4.78 is 2.35. The van der Waals surface area contributed by atoms with Crippen molar-refractivity contribution in [3.63, 3.8) is 0 Å². The lowest BCUT2D eigenvalue weighted by molar-refractivity contribution is -0.00000364. The van der Waals surface area contributed by atoms with E-state index in [1.165, 1.54) is 23.2 Å². The van der Waals surface area contributed by atoms with E-state index >= 15 is 0 Å². The average molecular weight is 292 g/mol. The van der Waals surface area contributed by atoms with Crippen LogP contribution in [0.4, 0.5) is 0 Å². The van der Waals surface area contributed by atoms with Gasteiger partial charge in [0.05, 0.1) is 15.9 Å². The Morgan fingerprint density at radius 3 is 2.74 bits per heavy atom. The average Bonchev–Trinajstić information content (AvgIpc) is 3.03. The molecule has 0 atom stereocenters. The number of aromatic nitrogens is 2. The maximum absolute atomic E-state index is 4.78. The van der Waals surface area contributed by atoms with E-state index in [4.69, 9.17) is 4.98 Å². The Bertz CT molecular complexity index is 643. The van der Waals surface area contributed by atoms with Crippen LogP contribution in [0.25, 0.3) is 21.7 Å². The first kappa shape index (κ1) is 14.1. The monoisotopic (exact) mass is 291 g/mol. The smallest absolute Gasteiger partial charge is 0.151 e. The number of unbranched alkanes of at least 4 members (excludes halogenated alkanes) is 1. The maximum Gasteiger partial charge on any atom is 0.151 e. The van der Waals surface area contributed by atoms with Crippen molar-refractivity contribution in [3.8, 4) is 10.7 Å². The molecule has 0 radical (unpaired) electrons. The highest BCUT2D eigenvalue weighted by molar-refractivity contribution is 7.13. The van der Waals surface area contributed by atoms with Gasteiger partial charge in [0.1, 0.15) is 0 Å². The summed E-state index contributed by atoms with van der Waals surface area (Å²) in [5.41, 5.74) is 2.34. The van der Waals surface area contributed by atoms with Crippen molar-refractivity contribution in [1.29, 1.82) is 0 Å². The summed E-state index contributed by atoms with van der Waals surface area (Å²) in [4.78, 5) is 6.03. The maximum atomic E-state index is 4.78. The van der Waals surface area contributed by atoms with Gasteiger partial charge < -0.3 is 17.0 Å². The third-order valence-corrected chi connectivity index (χ3v) is 4.00. The second-order valence-corrected chi connectivity index (χ2v) is 5.35. The molecule has 0 aliphatic rings. The van der Waals surface area contributed by atoms with Crippen LogP contribution in [0.3, 0.4) is 0 Å². The molecule has 1 aromatic carbocycles. The van der Waals surface area contributed by atoms with Gasteiger partial charge in [-0.05, 0) is 30.0 Å². The van der Waals surface area contributed by atoms with E-state index in [1.807, 2.05) is 0 Å². The van der Waals surface area contributed by atoms with Gasteiger partial charge in [-0.3, -0.25) is 0 Å². The van der Waals surface area contributed by atoms with E-state index in [0.29, 0.717) is 0 Å². The summed E-state index contributed by atoms with van der Waals surface area (Å²) in [6, 6.07) is 12.6. The molecule has 0 aliphatic carbocycles. The molecule has 0 amide bonds. The molecule has 0 aliphatic heterocycles. The largest absolute Gasteiger partial charge is 1.00 e. The van der Waals surface area contributed by atoms with Gasteiger partial charge in [-0.2, -0.15) is 0 Å². The van der Waals surface area contributed by atoms with Gasteiger partial charge in [-0.15, -0.1) is 11.3 Å². The fraction of sp³-hybridized carbons (Fsp3) is 0.267. The molecule has 3 aromatic rings. The Hall–Kier alpha value is -1.32. The predicted molar refractivity (Wildman–Crippen MR) is 78.0 cm³/mol. The van der Waals surface area contributed by atoms with Gasteiger partial charge in [0, 0.05) is 6.54 Å². The van der Waals surface area contributed by atoms with Crippen LogP contribution in [0.2, 0.25) is 0 Å². The van der Waals surface area contributed by atoms with Gasteiger partial charge in [-0.1, -0.05) is 31.5 Å². The van der Waals surface area contributed by atoms with Crippen LogP contribution < -0.4 is 12.4 Å². The highest BCUT2D eigenvalue weighted by Crippen LogP contribution is 2.28. The van der Waals surface area contributed by atoms with Gasteiger partial charge in [-0.25, -0.2) is 4.98 Å². The van der Waals surface area contributed by atoms with Crippen molar-refractivity contribution in [2.75, 3.05) is 0 Å². The van der Waals surface area contributed by atoms with Crippen LogP contribution in [-0.4, -0.2) is 9.55 Å². The molecule has 4 heteroatoms. The molecule has 0 spiro atoms. The topological polar surface area (TPSA) is 17.8 Å². The van der Waals surface area contributed by atoms with E-state index in [9.17, 15) is 0 Å². The molecule has 19 heavy (non-hydrogen) atoms. The Labute approximate surface area is 123 Å². The van der Waals surface area contributed by atoms with Crippen molar-refractivity contribution in [2.24, 2.45) is 0 Å². The summed E-state index contributed by atoms with van der Waals surface area (Å²) in [6.45, 7) is 3.27. The second-order valence-electron chi connectivity index (χ2n) is 4.41. The zero-order valence-electron chi connectivity index (χ0n) is 10.8. The van der Waals surface area contributed by atoms with E-state index in [-0.39, 0.29) is 12.4 Å². The number of fused-ring (bicyclic) bond motifs is 1. The van der Waals surface area contributed by atoms with Crippen LogP contribution in [0.5, 0.6) is 0 Å². The highest BCUT2D eigenvalue weighted by Gasteiger charge is 2.12. The van der Waals surface area contributed by atoms with E-state index in [1.54, 1.807) is 11.3 Å². The third-order valence-electron chi connectivity index (χ3n) is 3.13. The zero-order valence-corrected chi connectivity index (χ0v) is 12.4. The van der Waals surface area contributed by atoms with E-state index in [2.05, 4.69) is 53.3 Å². The summed E-state index contributed by atoms with van der Waals surface area (Å²) in [5.74, 6) is 1.11. The summed E-state index contributed by atoms with van der Waals surface area (Å²) >= 11 is 1.76. The first-order chi connectivity index (χ1) is 8.90. The van der Waals surface area contributed by atoms with Crippen LogP contribution in [-0.2, 0) is 6.54 Å². The third kappa shape index (κ3) is 2.67. The molecule has 0 saturated carbocycles. The van der Waals surface area contributed by atoms with Crippen molar-refractivity contribution in [3.05, 3.63) is 41.8 Å². The number of benzene rings is 1. The number of aryl methyl sites for hydroxylation is 1. The van der Waals surface area contributed by atoms with E-state index in [0.717, 1.165) is 17.9 Å². The lowest BCUT2D eigenvalue weighted by Crippen LogP contribution is -3.00. The summed E-state index contributed by atoms with van der Waals surface area (Å²) in [7, 11) is 0. The lowest BCUT2D eigenvalue weighted by atomic mass is 10.3. The number of hydrogen-bond donors (Lipinski definition) is 0. The fourth-order valence-electron chi connectivity index (χ4n) is 2.21. The fourth-order valence-corrected chi connectivity index (χ4v) is 2.93. The number of hydrogen-bond acceptors (Lipinski definition) is 2. The number of imidazole rings is 1. The van der Waals surface area contributed by atoms with Crippen LogP contribution in [0, 0.1) is 0 Å². The molecule has 3 rings (SSSR count). The molecule has 2 heterocycles. The molecule has 0 N–H and O–H groups in total. The predicted octanol–water partition coefficient (Wildman–Crippen LogP) is 1.57. The molecule has 0 saturated heterocycles. The molecule has 2 aromatic heterocycles. The number of nitrogens with zero attached hydrogens (tertiary/aromatic N) is 2. The highest BCUT2D eigenvalue weighted by atomic mass is 35.5. The number of thiophene rings is 1. The van der Waals surface area contributed by atoms with Gasteiger partial charge in [0.2, 0.25) is 0 Å². The van der Waals surface area contributed by atoms with Crippen molar-refractivity contribution in [1.82, 2.24) is 9.55 Å². The molecule has 0 unspecified atom stereocenters. The Kier molecular flexibility index (Phi) is 4.61. The summed E-state index contributed by atoms with van der Waals surface area (Å²) in [5, 5.41) is 2.11. The first-order valence-corrected chi connectivity index (χ1v) is 7.27. The normalized spacial score (nSPS) is 10.6. The van der Waals surface area contributed by atoms with E-state index < -0.39 is 0 Å². The number of para-hydroxylation sites is 2. The van der Waals surface area contributed by atoms with Gasteiger partial charge >= 0.3 is 0 Å². The SMILES string of the molecule is CCCCn1c(-c2cccs2)nc2ccccc21.[Cl-]. The molecular formula is C15H16ClN2S-. The quantitative estimate of drug-likeness (QED) is 0.713. The molecule has 0 fully saturated rings. The minimum atomic E-state index is 0. The molecule has 2 nitrogen and oxygen atoms in total. The number of rotatable bonds is 4. The van der Waals surface area contributed by atoms with Crippen LogP contribution >= 0.6 is 11.3 Å². The minimum Gasteiger partial charge on any atom is -1.00 e. The van der Waals surface area contributed by atoms with Gasteiger partial charge in [0.25, 0.3) is 0 Å². The van der Waals surface area contributed by atoms with Crippen LogP contribution in [0.15, 0.2) is 41.8 Å². The lowest BCUT2D eigenvalue weighted by Gasteiger charge is -2.06. The first-order valence-electron chi connectivity index (χ1n) is 6.39. The van der Waals surface area contributed by atoms with Gasteiger partial charge in [0.15, 0.2) is 5.82 Å². The van der Waals surface area contributed by atoms with Crippen LogP contribution in [0.1, 0.15) is 19.8 Å². The standard InChI is InChI=1S/C15H16N2S.ClH/c1-2-3-10-17-13-8-5-4-7-12(13)16-15(17)14-9-6-11-18-14;/h4-9,11H,2-3,10H2,1H3;1H/p-1. The van der Waals surface area contributed by atoms with Crippen molar-refractivity contribution >= 4 is 22.4 Å². The molecular weight excluding hydrogens is 276 g/mol. The Balaban J connectivity index is 0.00000133. The summed E-state index contributed by atoms with van der Waals surface area (Å²) in [6.07, 6.45) is 2.40. The number of halogens is 1. The van der Waals surface area contributed by atoms with Crippen molar-refractivity contribution < 1.29 is 12.4 Å². The minimum absolute atomic E-state index is 0. The Morgan fingerprint density at radius 1 is 1.16 bits per heavy atom. The Morgan fingerprint density at radius 2 is 2.00 bits per heavy atom. The molecule has 100 valence electrons. The molecule has 0 bridgehead atoms. The zero-order chi connectivity index (χ0) is 12.4.